The van der Waals surface area contributed by atoms with Gasteiger partial charge in [0, 0.05) is 18.3 Å². The van der Waals surface area contributed by atoms with Crippen LogP contribution in [0.2, 0.25) is 0 Å². The molecule has 3 aromatic rings. The number of carbonyl (C=O) groups excluding carboxylic acids is 1. The molecule has 0 radical (unpaired) electrons. The van der Waals surface area contributed by atoms with E-state index < -0.39 is 21.5 Å². The normalized spacial score (nSPS) is 11.2. The lowest BCUT2D eigenvalue weighted by Crippen LogP contribution is -2.24. The predicted molar refractivity (Wildman–Crippen MR) is 102 cm³/mol. The van der Waals surface area contributed by atoms with Crippen molar-refractivity contribution in [2.45, 2.75) is 5.16 Å². The first kappa shape index (κ1) is 18.7. The highest BCUT2D eigenvalue weighted by atomic mass is 32.2. The first-order chi connectivity index (χ1) is 12.9. The van der Waals surface area contributed by atoms with E-state index in [4.69, 9.17) is 4.74 Å². The number of carbonyl (C=O) groups is 1. The number of sulfone groups is 1. The minimum absolute atomic E-state index is 0.156. The minimum atomic E-state index is -3.90. The van der Waals surface area contributed by atoms with Crippen LogP contribution < -0.4 is 10.1 Å². The van der Waals surface area contributed by atoms with Gasteiger partial charge in [0.25, 0.3) is 0 Å². The molecule has 1 heterocycles. The Morgan fingerprint density at radius 2 is 1.78 bits per heavy atom. The number of nitrogens with one attached hydrogen (secondary N) is 1. The number of ether oxygens (including phenoxy) is 1. The fourth-order valence-corrected chi connectivity index (χ4v) is 3.94. The highest BCUT2D eigenvalue weighted by Gasteiger charge is 2.25. The molecule has 0 aliphatic heterocycles. The smallest absolute Gasteiger partial charge is 0.240 e. The van der Waals surface area contributed by atoms with Crippen molar-refractivity contribution in [1.29, 1.82) is 0 Å². The van der Waals surface area contributed by atoms with Crippen LogP contribution in [0.15, 0.2) is 66.0 Å². The quantitative estimate of drug-likeness (QED) is 0.704. The van der Waals surface area contributed by atoms with Crippen molar-refractivity contribution in [3.8, 4) is 17.0 Å². The maximum absolute atomic E-state index is 12.6. The van der Waals surface area contributed by atoms with Crippen molar-refractivity contribution in [3.63, 3.8) is 0 Å². The first-order valence-electron chi connectivity index (χ1n) is 8.14. The molecule has 0 aliphatic carbocycles. The Morgan fingerprint density at radius 1 is 1.11 bits per heavy atom. The van der Waals surface area contributed by atoms with Gasteiger partial charge in [-0.2, -0.15) is 0 Å². The topological polar surface area (TPSA) is 90.3 Å². The molecule has 3 rings (SSSR count). The molecular weight excluding hydrogens is 366 g/mol. The summed E-state index contributed by atoms with van der Waals surface area (Å²) >= 11 is 0. The summed E-state index contributed by atoms with van der Waals surface area (Å²) in [5.41, 5.74) is 1.96. The number of aromatic nitrogens is 2. The zero-order valence-corrected chi connectivity index (χ0v) is 15.7. The standard InChI is InChI=1S/C19H19N3O4S/c1-22-17(14-8-10-16(26-2)11-9-14)12-20-19(22)27(24,25)13-18(23)21-15-6-4-3-5-7-15/h3-12H,13H2,1-2H3,(H,21,23). The van der Waals surface area contributed by atoms with Crippen molar-refractivity contribution >= 4 is 21.4 Å². The average molecular weight is 385 g/mol. The molecule has 1 amide bonds. The van der Waals surface area contributed by atoms with Crippen molar-refractivity contribution in [1.82, 2.24) is 9.55 Å². The molecule has 0 fully saturated rings. The molecule has 7 nitrogen and oxygen atoms in total. The van der Waals surface area contributed by atoms with E-state index in [2.05, 4.69) is 10.3 Å². The fourth-order valence-electron chi connectivity index (χ4n) is 2.67. The number of hydrogen-bond donors (Lipinski definition) is 1. The van der Waals surface area contributed by atoms with Gasteiger partial charge >= 0.3 is 0 Å². The number of benzene rings is 2. The number of para-hydroxylation sites is 1. The van der Waals surface area contributed by atoms with Gasteiger partial charge in [-0.3, -0.25) is 4.79 Å². The van der Waals surface area contributed by atoms with Crippen molar-refractivity contribution in [3.05, 3.63) is 60.8 Å². The van der Waals surface area contributed by atoms with Crippen molar-refractivity contribution < 1.29 is 17.9 Å². The van der Waals surface area contributed by atoms with Gasteiger partial charge in [0.1, 0.15) is 11.5 Å². The zero-order chi connectivity index (χ0) is 19.4. The van der Waals surface area contributed by atoms with Crippen LogP contribution in [-0.2, 0) is 21.7 Å². The average Bonchev–Trinajstić information content (AvgIpc) is 3.04. The number of hydrogen-bond acceptors (Lipinski definition) is 5. The number of rotatable bonds is 6. The second kappa shape index (κ2) is 7.63. The summed E-state index contributed by atoms with van der Waals surface area (Å²) in [5.74, 6) is -0.601. The van der Waals surface area contributed by atoms with E-state index in [1.807, 2.05) is 12.1 Å². The molecule has 0 atom stereocenters. The van der Waals surface area contributed by atoms with Crippen LogP contribution in [0.3, 0.4) is 0 Å². The van der Waals surface area contributed by atoms with Crippen molar-refractivity contribution in [2.24, 2.45) is 7.05 Å². The first-order valence-corrected chi connectivity index (χ1v) is 9.80. The van der Waals surface area contributed by atoms with Crippen LogP contribution in [0.4, 0.5) is 5.69 Å². The van der Waals surface area contributed by atoms with Gasteiger partial charge < -0.3 is 14.6 Å². The second-order valence-electron chi connectivity index (χ2n) is 5.89. The molecular formula is C19H19N3O4S. The monoisotopic (exact) mass is 385 g/mol. The fraction of sp³-hybridized carbons (Fsp3) is 0.158. The molecule has 8 heteroatoms. The largest absolute Gasteiger partial charge is 0.497 e. The Balaban J connectivity index is 1.80. The highest BCUT2D eigenvalue weighted by Crippen LogP contribution is 2.24. The maximum Gasteiger partial charge on any atom is 0.240 e. The molecule has 0 aliphatic rings. The van der Waals surface area contributed by atoms with Gasteiger partial charge in [-0.1, -0.05) is 18.2 Å². The third-order valence-electron chi connectivity index (χ3n) is 3.99. The molecule has 1 aromatic heterocycles. The molecule has 0 spiro atoms. The van der Waals surface area contributed by atoms with Crippen LogP contribution in [-0.4, -0.2) is 36.7 Å². The summed E-state index contributed by atoms with van der Waals surface area (Å²) < 4.78 is 31.9. The van der Waals surface area contributed by atoms with E-state index in [-0.39, 0.29) is 5.16 Å². The van der Waals surface area contributed by atoms with Crippen LogP contribution >= 0.6 is 0 Å². The highest BCUT2D eigenvalue weighted by molar-refractivity contribution is 7.92. The summed E-state index contributed by atoms with van der Waals surface area (Å²) in [6, 6.07) is 15.9. The van der Waals surface area contributed by atoms with Crippen molar-refractivity contribution in [2.75, 3.05) is 18.2 Å². The zero-order valence-electron chi connectivity index (χ0n) is 14.9. The number of imidazole rings is 1. The number of methoxy groups -OCH3 is 1. The molecule has 0 saturated heterocycles. The number of anilines is 1. The van der Waals surface area contributed by atoms with E-state index in [9.17, 15) is 13.2 Å². The number of amides is 1. The van der Waals surface area contributed by atoms with Gasteiger partial charge in [0.2, 0.25) is 20.9 Å². The molecule has 2 aromatic carbocycles. The Hall–Kier alpha value is -3.13. The maximum atomic E-state index is 12.6. The summed E-state index contributed by atoms with van der Waals surface area (Å²) in [5, 5.41) is 2.41. The van der Waals surface area contributed by atoms with E-state index in [1.165, 1.54) is 10.8 Å². The van der Waals surface area contributed by atoms with Crippen LogP contribution in [0.1, 0.15) is 0 Å². The summed E-state index contributed by atoms with van der Waals surface area (Å²) in [6.45, 7) is 0. The van der Waals surface area contributed by atoms with Gasteiger partial charge in [-0.25, -0.2) is 13.4 Å². The molecule has 140 valence electrons. The molecule has 0 saturated carbocycles. The molecule has 0 bridgehead atoms. The van der Waals surface area contributed by atoms with E-state index in [0.717, 1.165) is 5.56 Å². The Morgan fingerprint density at radius 3 is 2.41 bits per heavy atom. The molecule has 27 heavy (non-hydrogen) atoms. The third kappa shape index (κ3) is 4.17. The lowest BCUT2D eigenvalue weighted by molar-refractivity contribution is -0.113. The van der Waals surface area contributed by atoms with E-state index in [0.29, 0.717) is 17.1 Å². The second-order valence-corrected chi connectivity index (χ2v) is 7.77. The third-order valence-corrected chi connectivity index (χ3v) is 5.57. The molecule has 1 N–H and O–H groups in total. The summed E-state index contributed by atoms with van der Waals surface area (Å²) in [6.07, 6.45) is 1.48. The van der Waals surface area contributed by atoms with Gasteiger partial charge in [0.05, 0.1) is 19.0 Å². The Labute approximate surface area is 157 Å². The Bertz CT molecular complexity index is 1040. The lowest BCUT2D eigenvalue weighted by atomic mass is 10.1. The SMILES string of the molecule is COc1ccc(-c2cnc(S(=O)(=O)CC(=O)Nc3ccccc3)n2C)cc1. The van der Waals surface area contributed by atoms with E-state index in [1.54, 1.807) is 56.6 Å². The van der Waals surface area contributed by atoms with Crippen LogP contribution in [0.25, 0.3) is 11.3 Å². The lowest BCUT2D eigenvalue weighted by Gasteiger charge is -2.08. The minimum Gasteiger partial charge on any atom is -0.497 e. The molecule has 0 unspecified atom stereocenters. The predicted octanol–water partition coefficient (Wildman–Crippen LogP) is 2.51. The van der Waals surface area contributed by atoms with Gasteiger partial charge in [-0.05, 0) is 36.4 Å². The van der Waals surface area contributed by atoms with Gasteiger partial charge in [0.15, 0.2) is 0 Å². The van der Waals surface area contributed by atoms with Gasteiger partial charge in [-0.15, -0.1) is 0 Å². The van der Waals surface area contributed by atoms with Crippen LogP contribution in [0.5, 0.6) is 5.75 Å². The van der Waals surface area contributed by atoms with Crippen LogP contribution in [0, 0.1) is 0 Å². The number of nitrogens with zero attached hydrogens (tertiary/aromatic N) is 2. The van der Waals surface area contributed by atoms with E-state index >= 15 is 0 Å². The summed E-state index contributed by atoms with van der Waals surface area (Å²) in [7, 11) is -0.716. The Kier molecular flexibility index (Phi) is 5.27. The summed E-state index contributed by atoms with van der Waals surface area (Å²) in [4.78, 5) is 16.1.